The molecule has 4 heteroatoms. The largest absolute Gasteiger partial charge is 0.264 e. The van der Waals surface area contributed by atoms with Gasteiger partial charge in [-0.3, -0.25) is 9.97 Å². The average molecular weight is 613 g/mol. The molecular weight excluding hydrogens is 585 g/mol. The monoisotopic (exact) mass is 612 g/mol. The molecule has 0 radical (unpaired) electrons. The third-order valence-corrected chi connectivity index (χ3v) is 9.09. The number of benzene rings is 6. The first kappa shape index (κ1) is 27.8. The Morgan fingerprint density at radius 1 is 0.312 bits per heavy atom. The van der Waals surface area contributed by atoms with Crippen LogP contribution < -0.4 is 0 Å². The lowest BCUT2D eigenvalue weighted by molar-refractivity contribution is 1.26. The van der Waals surface area contributed by atoms with Crippen LogP contribution in [0, 0.1) is 0 Å². The lowest BCUT2D eigenvalue weighted by atomic mass is 9.94. The fourth-order valence-corrected chi connectivity index (χ4v) is 6.71. The summed E-state index contributed by atoms with van der Waals surface area (Å²) in [6.07, 6.45) is 7.31. The van der Waals surface area contributed by atoms with Crippen LogP contribution in [0.5, 0.6) is 0 Å². The number of fused-ring (bicyclic) bond motifs is 4. The van der Waals surface area contributed by atoms with Gasteiger partial charge in [0.1, 0.15) is 0 Å². The van der Waals surface area contributed by atoms with Crippen molar-refractivity contribution in [3.63, 3.8) is 0 Å². The molecule has 0 amide bonds. The van der Waals surface area contributed by atoms with Gasteiger partial charge in [-0.15, -0.1) is 0 Å². The molecule has 0 fully saturated rings. The van der Waals surface area contributed by atoms with Crippen LogP contribution in [-0.2, 0) is 0 Å². The summed E-state index contributed by atoms with van der Waals surface area (Å²) in [4.78, 5) is 19.6. The highest BCUT2D eigenvalue weighted by atomic mass is 14.9. The Morgan fingerprint density at radius 2 is 0.708 bits per heavy atom. The van der Waals surface area contributed by atoms with E-state index in [1.54, 1.807) is 12.4 Å². The fraction of sp³-hybridized carbons (Fsp3) is 0. The van der Waals surface area contributed by atoms with Crippen LogP contribution in [-0.4, -0.2) is 21.4 Å². The van der Waals surface area contributed by atoms with E-state index in [1.807, 2.05) is 24.5 Å². The van der Waals surface area contributed by atoms with Crippen molar-refractivity contribution in [2.24, 2.45) is 9.98 Å². The molecule has 2 aromatic heterocycles. The van der Waals surface area contributed by atoms with Crippen LogP contribution in [0.3, 0.4) is 0 Å². The van der Waals surface area contributed by atoms with Gasteiger partial charge in [0.25, 0.3) is 0 Å². The van der Waals surface area contributed by atoms with Gasteiger partial charge in [0.2, 0.25) is 0 Å². The molecule has 0 spiro atoms. The minimum Gasteiger partial charge on any atom is -0.264 e. The Morgan fingerprint density at radius 3 is 1.17 bits per heavy atom. The number of hydrogen-bond acceptors (Lipinski definition) is 4. The molecule has 4 nitrogen and oxygen atoms in total. The molecule has 1 aliphatic heterocycles. The Kier molecular flexibility index (Phi) is 6.76. The number of pyridine rings is 2. The normalized spacial score (nSPS) is 14.6. The molecule has 3 heterocycles. The van der Waals surface area contributed by atoms with E-state index in [1.165, 1.54) is 32.7 Å². The van der Waals surface area contributed by atoms with E-state index in [4.69, 9.17) is 9.98 Å². The van der Waals surface area contributed by atoms with E-state index in [0.29, 0.717) is 0 Å². The van der Waals surface area contributed by atoms with Gasteiger partial charge in [-0.1, -0.05) is 133 Å². The fourth-order valence-electron chi connectivity index (χ4n) is 6.71. The summed E-state index contributed by atoms with van der Waals surface area (Å²) in [5, 5.41) is 4.93. The molecule has 0 bridgehead atoms. The van der Waals surface area contributed by atoms with Crippen LogP contribution in [0.4, 0.5) is 11.4 Å². The van der Waals surface area contributed by atoms with Crippen molar-refractivity contribution in [3.8, 4) is 22.3 Å². The lowest BCUT2D eigenvalue weighted by Gasteiger charge is -2.18. The summed E-state index contributed by atoms with van der Waals surface area (Å²) in [6, 6.07) is 51.1. The van der Waals surface area contributed by atoms with Crippen molar-refractivity contribution >= 4 is 44.3 Å². The summed E-state index contributed by atoms with van der Waals surface area (Å²) in [6.45, 7) is 0. The molecule has 0 aliphatic carbocycles. The van der Waals surface area contributed by atoms with Crippen LogP contribution in [0.25, 0.3) is 43.8 Å². The van der Waals surface area contributed by atoms with Crippen LogP contribution in [0.15, 0.2) is 180 Å². The summed E-state index contributed by atoms with van der Waals surface area (Å²) in [5.41, 5.74) is 11.7. The van der Waals surface area contributed by atoms with E-state index in [9.17, 15) is 0 Å². The maximum Gasteiger partial charge on any atom is 0.0819 e. The molecule has 48 heavy (non-hydrogen) atoms. The van der Waals surface area contributed by atoms with Crippen molar-refractivity contribution < 1.29 is 0 Å². The van der Waals surface area contributed by atoms with Gasteiger partial charge in [0.15, 0.2) is 0 Å². The quantitative estimate of drug-likeness (QED) is 0.199. The molecule has 8 aromatic rings. The highest BCUT2D eigenvalue weighted by Gasteiger charge is 2.21. The molecule has 6 aromatic carbocycles. The second-order valence-corrected chi connectivity index (χ2v) is 11.9. The van der Waals surface area contributed by atoms with E-state index < -0.39 is 0 Å². The van der Waals surface area contributed by atoms with Crippen molar-refractivity contribution in [3.05, 3.63) is 193 Å². The Bertz CT molecular complexity index is 2350. The van der Waals surface area contributed by atoms with Crippen LogP contribution in [0.1, 0.15) is 22.3 Å². The van der Waals surface area contributed by atoms with Crippen LogP contribution >= 0.6 is 0 Å². The summed E-state index contributed by atoms with van der Waals surface area (Å²) in [5.74, 6) is 0. The summed E-state index contributed by atoms with van der Waals surface area (Å²) >= 11 is 0. The van der Waals surface area contributed by atoms with Crippen LogP contribution in [0.2, 0.25) is 0 Å². The number of hydrogen-bond donors (Lipinski definition) is 0. The van der Waals surface area contributed by atoms with Crippen molar-refractivity contribution in [2.75, 3.05) is 0 Å². The topological polar surface area (TPSA) is 50.5 Å². The molecule has 224 valence electrons. The molecule has 0 saturated carbocycles. The first-order valence-electron chi connectivity index (χ1n) is 16.0. The zero-order chi connectivity index (χ0) is 31.9. The molecule has 0 saturated heterocycles. The molecular formula is C44H28N4. The average Bonchev–Trinajstić information content (AvgIpc) is 3.15. The van der Waals surface area contributed by atoms with Crippen molar-refractivity contribution in [2.45, 2.75) is 0 Å². The summed E-state index contributed by atoms with van der Waals surface area (Å²) < 4.78 is 0. The Hall–Kier alpha value is -6.52. The highest BCUT2D eigenvalue weighted by molar-refractivity contribution is 6.22. The second-order valence-electron chi connectivity index (χ2n) is 11.9. The Labute approximate surface area is 278 Å². The number of aliphatic imine (C=N–C) groups is 2. The Balaban J connectivity index is 1.14. The minimum absolute atomic E-state index is 0.810. The van der Waals surface area contributed by atoms with Crippen molar-refractivity contribution in [1.82, 2.24) is 9.97 Å². The van der Waals surface area contributed by atoms with E-state index >= 15 is 0 Å². The van der Waals surface area contributed by atoms with Gasteiger partial charge in [0.05, 0.1) is 22.8 Å². The predicted octanol–water partition coefficient (Wildman–Crippen LogP) is 10.8. The smallest absolute Gasteiger partial charge is 0.0819 e. The first-order chi connectivity index (χ1) is 23.8. The zero-order valence-electron chi connectivity index (χ0n) is 26.0. The molecule has 0 atom stereocenters. The third kappa shape index (κ3) is 4.88. The first-order valence-corrected chi connectivity index (χ1v) is 16.0. The minimum atomic E-state index is 0.810. The van der Waals surface area contributed by atoms with Gasteiger partial charge in [-0.2, -0.15) is 0 Å². The summed E-state index contributed by atoms with van der Waals surface area (Å²) in [7, 11) is 0. The maximum atomic E-state index is 5.29. The number of aromatic nitrogens is 2. The lowest BCUT2D eigenvalue weighted by Crippen LogP contribution is -2.11. The van der Waals surface area contributed by atoms with E-state index in [0.717, 1.165) is 56.2 Å². The molecule has 0 N–H and O–H groups in total. The van der Waals surface area contributed by atoms with E-state index in [2.05, 4.69) is 143 Å². The molecule has 1 aliphatic rings. The number of rotatable bonds is 4. The number of nitrogens with zero attached hydrogens (tertiary/aromatic N) is 4. The van der Waals surface area contributed by atoms with Crippen molar-refractivity contribution in [1.29, 1.82) is 0 Å². The highest BCUT2D eigenvalue weighted by Crippen LogP contribution is 2.35. The standard InChI is InChI=1S/C44H28N4/c1-3-11-35-29(7-1)9-5-13-37(35)31-15-19-33(20-16-31)43-39-27-45-25-23-41(39)48-44(40-28-46-26-24-42(40)47-43)34-21-17-32(18-22-34)38-14-6-10-30-8-2-4-12-36(30)38/h1-28H/b43-39?,44-40?,47-42?,47-43-,48-41?,48-44-. The molecule has 9 rings (SSSR count). The van der Waals surface area contributed by atoms with E-state index in [-0.39, 0.29) is 0 Å². The zero-order valence-corrected chi connectivity index (χ0v) is 26.0. The van der Waals surface area contributed by atoms with Gasteiger partial charge in [-0.25, -0.2) is 9.98 Å². The van der Waals surface area contributed by atoms with Gasteiger partial charge < -0.3 is 0 Å². The second kappa shape index (κ2) is 11.7. The maximum absolute atomic E-state index is 5.29. The SMILES string of the molecule is c1ccc2c(-c3ccc(/C4=N/c5ccncc5/C(c5ccc(-c6cccc7ccccc67)cc5)=N\c5ccncc54)cc3)cccc2c1. The molecule has 0 unspecified atom stereocenters. The predicted molar refractivity (Wildman–Crippen MR) is 198 cm³/mol. The van der Waals surface area contributed by atoms with Gasteiger partial charge in [-0.05, 0) is 55.9 Å². The van der Waals surface area contributed by atoms with Gasteiger partial charge >= 0.3 is 0 Å². The van der Waals surface area contributed by atoms with Gasteiger partial charge in [0, 0.05) is 47.0 Å². The third-order valence-electron chi connectivity index (χ3n) is 9.09.